The highest BCUT2D eigenvalue weighted by atomic mass is 19.1. The molecule has 0 bridgehead atoms. The quantitative estimate of drug-likeness (QED) is 0.919. The molecule has 1 aliphatic heterocycles. The van der Waals surface area contributed by atoms with Gasteiger partial charge in [0.25, 0.3) is 0 Å². The highest BCUT2D eigenvalue weighted by Gasteiger charge is 2.22. The normalized spacial score (nSPS) is 16.8. The van der Waals surface area contributed by atoms with Gasteiger partial charge in [-0.2, -0.15) is 5.10 Å². The number of H-pyrrole nitrogens is 1. The Morgan fingerprint density at radius 1 is 1.30 bits per heavy atom. The fourth-order valence-corrected chi connectivity index (χ4v) is 3.31. The van der Waals surface area contributed by atoms with Crippen molar-refractivity contribution in [2.75, 3.05) is 13.1 Å². The van der Waals surface area contributed by atoms with Crippen LogP contribution < -0.4 is 5.69 Å². The van der Waals surface area contributed by atoms with Crippen LogP contribution in [0.3, 0.4) is 0 Å². The number of aromatic amines is 1. The first kappa shape index (κ1) is 15.9. The molecule has 5 nitrogen and oxygen atoms in total. The Morgan fingerprint density at radius 3 is 2.74 bits per heavy atom. The van der Waals surface area contributed by atoms with Crippen molar-refractivity contribution in [3.05, 3.63) is 52.0 Å². The highest BCUT2D eigenvalue weighted by molar-refractivity contribution is 5.17. The van der Waals surface area contributed by atoms with E-state index in [-0.39, 0.29) is 11.5 Å². The molecule has 23 heavy (non-hydrogen) atoms. The molecule has 1 saturated heterocycles. The summed E-state index contributed by atoms with van der Waals surface area (Å²) in [5, 5.41) is 6.67. The van der Waals surface area contributed by atoms with Crippen molar-refractivity contribution in [3.8, 4) is 0 Å². The molecule has 3 rings (SSSR count). The topological polar surface area (TPSA) is 53.9 Å². The van der Waals surface area contributed by atoms with Crippen molar-refractivity contribution >= 4 is 0 Å². The number of halogens is 1. The highest BCUT2D eigenvalue weighted by Crippen LogP contribution is 2.22. The summed E-state index contributed by atoms with van der Waals surface area (Å²) in [6.45, 7) is 5.19. The van der Waals surface area contributed by atoms with Gasteiger partial charge < -0.3 is 0 Å². The number of piperidine rings is 1. The van der Waals surface area contributed by atoms with Crippen LogP contribution in [0, 0.1) is 11.7 Å². The first-order chi connectivity index (χ1) is 11.2. The number of hydrogen-bond donors (Lipinski definition) is 1. The predicted octanol–water partition coefficient (Wildman–Crippen LogP) is 2.19. The van der Waals surface area contributed by atoms with Crippen LogP contribution in [0.2, 0.25) is 0 Å². The van der Waals surface area contributed by atoms with Gasteiger partial charge in [0.15, 0.2) is 0 Å². The number of rotatable bonds is 5. The lowest BCUT2D eigenvalue weighted by Gasteiger charge is -2.31. The Bertz CT molecular complexity index is 701. The third kappa shape index (κ3) is 3.69. The van der Waals surface area contributed by atoms with Crippen LogP contribution in [0.4, 0.5) is 4.39 Å². The largest absolute Gasteiger partial charge is 0.343 e. The van der Waals surface area contributed by atoms with Crippen molar-refractivity contribution in [1.82, 2.24) is 19.7 Å². The van der Waals surface area contributed by atoms with E-state index in [1.807, 2.05) is 19.1 Å². The Kier molecular flexibility index (Phi) is 4.91. The molecule has 0 aliphatic carbocycles. The molecular weight excluding hydrogens is 295 g/mol. The zero-order valence-electron chi connectivity index (χ0n) is 13.5. The number of nitrogens with one attached hydrogen (secondary N) is 1. The number of benzene rings is 1. The van der Waals surface area contributed by atoms with Gasteiger partial charge >= 0.3 is 5.69 Å². The summed E-state index contributed by atoms with van der Waals surface area (Å²) < 4.78 is 15.4. The van der Waals surface area contributed by atoms with E-state index in [4.69, 9.17) is 0 Å². The van der Waals surface area contributed by atoms with Crippen LogP contribution in [0.5, 0.6) is 0 Å². The second kappa shape index (κ2) is 7.08. The van der Waals surface area contributed by atoms with Crippen LogP contribution in [-0.2, 0) is 19.5 Å². The average Bonchev–Trinajstić information content (AvgIpc) is 2.91. The van der Waals surface area contributed by atoms with Gasteiger partial charge in [-0.05, 0) is 44.8 Å². The van der Waals surface area contributed by atoms with E-state index in [2.05, 4.69) is 15.1 Å². The minimum absolute atomic E-state index is 0.125. The van der Waals surface area contributed by atoms with Crippen LogP contribution >= 0.6 is 0 Å². The Labute approximate surface area is 135 Å². The molecule has 1 aliphatic rings. The summed E-state index contributed by atoms with van der Waals surface area (Å²) in [4.78, 5) is 13.9. The monoisotopic (exact) mass is 318 g/mol. The third-order valence-electron chi connectivity index (χ3n) is 4.68. The van der Waals surface area contributed by atoms with Crippen LogP contribution in [0.1, 0.15) is 31.2 Å². The van der Waals surface area contributed by atoms with Crippen LogP contribution in [-0.4, -0.2) is 32.8 Å². The Hall–Kier alpha value is -1.95. The lowest BCUT2D eigenvalue weighted by atomic mass is 9.93. The van der Waals surface area contributed by atoms with Crippen LogP contribution in [0.25, 0.3) is 0 Å². The summed E-state index contributed by atoms with van der Waals surface area (Å²) >= 11 is 0. The second-order valence-corrected chi connectivity index (χ2v) is 6.20. The van der Waals surface area contributed by atoms with Gasteiger partial charge in [0.2, 0.25) is 0 Å². The molecule has 0 saturated carbocycles. The molecule has 2 heterocycles. The summed E-state index contributed by atoms with van der Waals surface area (Å²) in [7, 11) is 0. The summed E-state index contributed by atoms with van der Waals surface area (Å²) in [6.07, 6.45) is 2.94. The zero-order chi connectivity index (χ0) is 16.2. The molecule has 1 N–H and O–H groups in total. The standard InChI is InChI=1S/C17H23FN4O/c1-2-22-16(19-20-17(22)23)11-13-7-9-21(10-8-13)12-14-5-3-4-6-15(14)18/h3-6,13H,2,7-12H2,1H3,(H,20,23). The zero-order valence-corrected chi connectivity index (χ0v) is 13.5. The van der Waals surface area contributed by atoms with Gasteiger partial charge in [0.05, 0.1) is 0 Å². The minimum Gasteiger partial charge on any atom is -0.299 e. The molecule has 0 unspecified atom stereocenters. The Morgan fingerprint density at radius 2 is 2.04 bits per heavy atom. The van der Waals surface area contributed by atoms with Crippen molar-refractivity contribution in [3.63, 3.8) is 0 Å². The molecule has 1 aromatic heterocycles. The summed E-state index contributed by atoms with van der Waals surface area (Å²) in [6, 6.07) is 6.98. The third-order valence-corrected chi connectivity index (χ3v) is 4.68. The van der Waals surface area contributed by atoms with E-state index < -0.39 is 0 Å². The summed E-state index contributed by atoms with van der Waals surface area (Å²) in [5.74, 6) is 1.26. The first-order valence-electron chi connectivity index (χ1n) is 8.27. The smallest absolute Gasteiger partial charge is 0.299 e. The van der Waals surface area contributed by atoms with Gasteiger partial charge in [-0.25, -0.2) is 14.3 Å². The number of hydrogen-bond acceptors (Lipinski definition) is 3. The molecule has 1 fully saturated rings. The fourth-order valence-electron chi connectivity index (χ4n) is 3.31. The van der Waals surface area contributed by atoms with Crippen molar-refractivity contribution in [2.24, 2.45) is 5.92 Å². The maximum atomic E-state index is 13.7. The van der Waals surface area contributed by atoms with Crippen molar-refractivity contribution < 1.29 is 4.39 Å². The lowest BCUT2D eigenvalue weighted by Crippen LogP contribution is -2.34. The maximum absolute atomic E-state index is 13.7. The molecule has 0 amide bonds. The minimum atomic E-state index is -0.127. The van der Waals surface area contributed by atoms with Gasteiger partial charge in [0.1, 0.15) is 11.6 Å². The summed E-state index contributed by atoms with van der Waals surface area (Å²) in [5.41, 5.74) is 0.637. The van der Waals surface area contributed by atoms with Crippen molar-refractivity contribution in [2.45, 2.75) is 39.3 Å². The van der Waals surface area contributed by atoms with Gasteiger partial charge in [-0.15, -0.1) is 0 Å². The molecule has 0 spiro atoms. The predicted molar refractivity (Wildman–Crippen MR) is 86.6 cm³/mol. The second-order valence-electron chi connectivity index (χ2n) is 6.20. The Balaban J connectivity index is 1.54. The SMILES string of the molecule is CCn1c(CC2CCN(Cc3ccccc3F)CC2)n[nH]c1=O. The van der Waals surface area contributed by atoms with E-state index in [0.717, 1.165) is 43.7 Å². The number of aromatic nitrogens is 3. The molecule has 0 atom stereocenters. The fraction of sp³-hybridized carbons (Fsp3) is 0.529. The number of likely N-dealkylation sites (tertiary alicyclic amines) is 1. The molecule has 6 heteroatoms. The van der Waals surface area contributed by atoms with Crippen LogP contribution in [0.15, 0.2) is 29.1 Å². The average molecular weight is 318 g/mol. The van der Waals surface area contributed by atoms with Gasteiger partial charge in [-0.1, -0.05) is 18.2 Å². The maximum Gasteiger partial charge on any atom is 0.343 e. The van der Waals surface area contributed by atoms with Gasteiger partial charge in [0, 0.05) is 25.1 Å². The molecule has 2 aromatic rings. The first-order valence-corrected chi connectivity index (χ1v) is 8.27. The molecule has 0 radical (unpaired) electrons. The van der Waals surface area contributed by atoms with E-state index in [1.165, 1.54) is 6.07 Å². The molecular formula is C17H23FN4O. The van der Waals surface area contributed by atoms with E-state index in [0.29, 0.717) is 19.0 Å². The lowest BCUT2D eigenvalue weighted by molar-refractivity contribution is 0.173. The molecule has 1 aromatic carbocycles. The number of nitrogens with zero attached hydrogens (tertiary/aromatic N) is 3. The molecule has 124 valence electrons. The van der Waals surface area contributed by atoms with E-state index in [1.54, 1.807) is 10.6 Å². The van der Waals surface area contributed by atoms with E-state index in [9.17, 15) is 9.18 Å². The van der Waals surface area contributed by atoms with Gasteiger partial charge in [-0.3, -0.25) is 9.47 Å². The van der Waals surface area contributed by atoms with E-state index >= 15 is 0 Å². The van der Waals surface area contributed by atoms with Crippen molar-refractivity contribution in [1.29, 1.82) is 0 Å².